The Balaban J connectivity index is 1.32. The Bertz CT molecular complexity index is 560. The van der Waals surface area contributed by atoms with Gasteiger partial charge in [0.15, 0.2) is 0 Å². The molecule has 3 nitrogen and oxygen atoms in total. The van der Waals surface area contributed by atoms with Crippen molar-refractivity contribution in [3.8, 4) is 0 Å². The highest BCUT2D eigenvalue weighted by molar-refractivity contribution is 5.01. The Morgan fingerprint density at radius 2 is 1.09 bits per heavy atom. The smallest absolute Gasteiger partial charge is 0.0658 e. The topological polar surface area (TPSA) is 21.7 Å². The normalized spacial score (nSPS) is 43.2. The van der Waals surface area contributed by atoms with E-state index in [1.54, 1.807) is 0 Å². The van der Waals surface area contributed by atoms with Crippen molar-refractivity contribution in [2.45, 2.75) is 140 Å². The zero-order valence-electron chi connectivity index (χ0n) is 22.2. The van der Waals surface area contributed by atoms with Crippen LogP contribution in [0.1, 0.15) is 110 Å². The van der Waals surface area contributed by atoms with Crippen LogP contribution in [-0.2, 0) is 9.47 Å². The predicted molar refractivity (Wildman–Crippen MR) is 138 cm³/mol. The van der Waals surface area contributed by atoms with Crippen molar-refractivity contribution in [2.75, 3.05) is 14.2 Å². The van der Waals surface area contributed by atoms with Crippen molar-refractivity contribution in [3.63, 3.8) is 0 Å². The first-order valence-electron chi connectivity index (χ1n) is 14.6. The van der Waals surface area contributed by atoms with E-state index in [1.807, 2.05) is 14.2 Å². The maximum absolute atomic E-state index is 5.84. The SMILES string of the molecule is COC1CCC(/C=C/C2CCC(N(C3CCC(C)CC3)C3CCC(C)CC3)CC2)C(OC)C1. The molecule has 4 aliphatic rings. The molecule has 0 amide bonds. The fraction of sp³-hybridized carbons (Fsp3) is 0.933. The van der Waals surface area contributed by atoms with Crippen LogP contribution in [0.15, 0.2) is 12.2 Å². The summed E-state index contributed by atoms with van der Waals surface area (Å²) in [5.41, 5.74) is 0. The molecule has 3 unspecified atom stereocenters. The minimum absolute atomic E-state index is 0.328. The van der Waals surface area contributed by atoms with E-state index in [9.17, 15) is 0 Å². The zero-order chi connectivity index (χ0) is 23.2. The molecule has 4 rings (SSSR count). The largest absolute Gasteiger partial charge is 0.381 e. The molecule has 4 saturated carbocycles. The third-order valence-electron chi connectivity index (χ3n) is 10.0. The highest BCUT2D eigenvalue weighted by Crippen LogP contribution is 2.39. The van der Waals surface area contributed by atoms with Crippen LogP contribution < -0.4 is 0 Å². The van der Waals surface area contributed by atoms with Crippen molar-refractivity contribution in [1.82, 2.24) is 4.90 Å². The summed E-state index contributed by atoms with van der Waals surface area (Å²) < 4.78 is 11.4. The van der Waals surface area contributed by atoms with Gasteiger partial charge in [-0.25, -0.2) is 0 Å². The van der Waals surface area contributed by atoms with E-state index in [0.717, 1.165) is 42.3 Å². The number of ether oxygens (including phenoxy) is 2. The number of hydrogen-bond acceptors (Lipinski definition) is 3. The maximum Gasteiger partial charge on any atom is 0.0658 e. The van der Waals surface area contributed by atoms with Crippen LogP contribution in [0.3, 0.4) is 0 Å². The summed E-state index contributed by atoms with van der Waals surface area (Å²) in [6.45, 7) is 4.94. The Labute approximate surface area is 205 Å². The second-order valence-corrected chi connectivity index (χ2v) is 12.3. The van der Waals surface area contributed by atoms with Crippen molar-refractivity contribution in [3.05, 3.63) is 12.2 Å². The van der Waals surface area contributed by atoms with Crippen molar-refractivity contribution < 1.29 is 9.47 Å². The lowest BCUT2D eigenvalue weighted by molar-refractivity contribution is -0.0293. The summed E-state index contributed by atoms with van der Waals surface area (Å²) in [5, 5.41) is 0. The standard InChI is InChI=1S/C30H53NO2/c1-22-5-14-26(15-6-22)31(27-16-7-23(2)8-17-27)28-18-10-24(11-19-28)9-12-25-13-20-29(32-3)21-30(25)33-4/h9,12,22-30H,5-8,10-11,13-21H2,1-4H3/b12-9+. The molecule has 0 radical (unpaired) electrons. The Morgan fingerprint density at radius 3 is 1.58 bits per heavy atom. The molecule has 3 heteroatoms. The average Bonchev–Trinajstić information content (AvgIpc) is 2.86. The highest BCUT2D eigenvalue weighted by Gasteiger charge is 2.37. The lowest BCUT2D eigenvalue weighted by Crippen LogP contribution is -2.52. The Morgan fingerprint density at radius 1 is 0.576 bits per heavy atom. The fourth-order valence-corrected chi connectivity index (χ4v) is 7.69. The van der Waals surface area contributed by atoms with Crippen LogP contribution in [0.2, 0.25) is 0 Å². The van der Waals surface area contributed by atoms with Gasteiger partial charge >= 0.3 is 0 Å². The van der Waals surface area contributed by atoms with E-state index in [2.05, 4.69) is 30.9 Å². The first-order chi connectivity index (χ1) is 16.1. The highest BCUT2D eigenvalue weighted by atomic mass is 16.5. The molecule has 0 aromatic heterocycles. The summed E-state index contributed by atoms with van der Waals surface area (Å²) in [7, 11) is 3.72. The first kappa shape index (κ1) is 25.7. The van der Waals surface area contributed by atoms with Crippen molar-refractivity contribution >= 4 is 0 Å². The van der Waals surface area contributed by atoms with E-state index in [-0.39, 0.29) is 0 Å². The van der Waals surface area contributed by atoms with Crippen molar-refractivity contribution in [2.24, 2.45) is 23.7 Å². The van der Waals surface area contributed by atoms with Crippen LogP contribution in [0.5, 0.6) is 0 Å². The number of rotatable bonds is 7. The van der Waals surface area contributed by atoms with Gasteiger partial charge in [0.25, 0.3) is 0 Å². The van der Waals surface area contributed by atoms with Gasteiger partial charge in [0.1, 0.15) is 0 Å². The molecule has 0 spiro atoms. The maximum atomic E-state index is 5.84. The van der Waals surface area contributed by atoms with Gasteiger partial charge < -0.3 is 9.47 Å². The molecule has 0 aromatic rings. The van der Waals surface area contributed by atoms with E-state index in [4.69, 9.17) is 9.47 Å². The second-order valence-electron chi connectivity index (χ2n) is 12.3. The van der Waals surface area contributed by atoms with Gasteiger partial charge in [0.05, 0.1) is 12.2 Å². The quantitative estimate of drug-likeness (QED) is 0.370. The Kier molecular flexibility index (Phi) is 9.77. The molecule has 4 fully saturated rings. The van der Waals surface area contributed by atoms with Gasteiger partial charge in [0.2, 0.25) is 0 Å². The van der Waals surface area contributed by atoms with Gasteiger partial charge in [-0.2, -0.15) is 0 Å². The number of methoxy groups -OCH3 is 2. The summed E-state index contributed by atoms with van der Waals surface area (Å²) in [4.78, 5) is 3.12. The zero-order valence-corrected chi connectivity index (χ0v) is 22.2. The molecule has 0 saturated heterocycles. The van der Waals surface area contributed by atoms with Gasteiger partial charge in [-0.1, -0.05) is 26.0 Å². The van der Waals surface area contributed by atoms with Crippen molar-refractivity contribution in [1.29, 1.82) is 0 Å². The van der Waals surface area contributed by atoms with Crippen LogP contribution in [0.25, 0.3) is 0 Å². The monoisotopic (exact) mass is 459 g/mol. The lowest BCUT2D eigenvalue weighted by atomic mass is 9.78. The molecule has 0 aromatic carbocycles. The van der Waals surface area contributed by atoms with E-state index < -0.39 is 0 Å². The van der Waals surface area contributed by atoms with E-state index in [1.165, 1.54) is 89.9 Å². The van der Waals surface area contributed by atoms with E-state index >= 15 is 0 Å². The number of hydrogen-bond donors (Lipinski definition) is 0. The average molecular weight is 460 g/mol. The molecule has 0 N–H and O–H groups in total. The minimum Gasteiger partial charge on any atom is -0.381 e. The second kappa shape index (κ2) is 12.5. The molecule has 4 aliphatic carbocycles. The summed E-state index contributed by atoms with van der Waals surface area (Å²) in [6.07, 6.45) is 26.5. The summed E-state index contributed by atoms with van der Waals surface area (Å²) in [5.74, 6) is 3.25. The van der Waals surface area contributed by atoms with E-state index in [0.29, 0.717) is 18.1 Å². The van der Waals surface area contributed by atoms with Gasteiger partial charge in [-0.3, -0.25) is 4.90 Å². The third kappa shape index (κ3) is 6.85. The molecule has 0 heterocycles. The molecule has 3 atom stereocenters. The van der Waals surface area contributed by atoms with Crippen LogP contribution in [-0.4, -0.2) is 49.5 Å². The van der Waals surface area contributed by atoms with Gasteiger partial charge in [0, 0.05) is 44.7 Å². The van der Waals surface area contributed by atoms with Crippen LogP contribution >= 0.6 is 0 Å². The summed E-state index contributed by atoms with van der Waals surface area (Å²) in [6, 6.07) is 2.58. The lowest BCUT2D eigenvalue weighted by Gasteiger charge is -2.49. The first-order valence-corrected chi connectivity index (χ1v) is 14.6. The molecular formula is C30H53NO2. The molecule has 0 aliphatic heterocycles. The van der Waals surface area contributed by atoms with Gasteiger partial charge in [-0.15, -0.1) is 0 Å². The summed E-state index contributed by atoms with van der Waals surface area (Å²) >= 11 is 0. The number of nitrogens with zero attached hydrogens (tertiary/aromatic N) is 1. The molecule has 33 heavy (non-hydrogen) atoms. The van der Waals surface area contributed by atoms with Gasteiger partial charge in [-0.05, 0) is 108 Å². The predicted octanol–water partition coefficient (Wildman–Crippen LogP) is 7.39. The van der Waals surface area contributed by atoms with Crippen LogP contribution in [0.4, 0.5) is 0 Å². The fourth-order valence-electron chi connectivity index (χ4n) is 7.69. The minimum atomic E-state index is 0.328. The Hall–Kier alpha value is -0.380. The molecule has 0 bridgehead atoms. The molecule has 190 valence electrons. The number of allylic oxidation sites excluding steroid dienone is 1. The van der Waals surface area contributed by atoms with Crippen LogP contribution in [0, 0.1) is 23.7 Å². The molecular weight excluding hydrogens is 406 g/mol. The third-order valence-corrected chi connectivity index (χ3v) is 10.0.